The van der Waals surface area contributed by atoms with Crippen LogP contribution in [-0.4, -0.2) is 112 Å². The van der Waals surface area contributed by atoms with E-state index in [1.54, 1.807) is 40.6 Å². The molecule has 0 aliphatic rings. The van der Waals surface area contributed by atoms with Crippen LogP contribution in [0.2, 0.25) is 0 Å². The maximum absolute atomic E-state index is 10.8. The molecule has 3 atom stereocenters. The van der Waals surface area contributed by atoms with Gasteiger partial charge in [-0.25, -0.2) is 14.4 Å². The van der Waals surface area contributed by atoms with Crippen LogP contribution in [0.5, 0.6) is 0 Å². The van der Waals surface area contributed by atoms with Crippen molar-refractivity contribution >= 4 is 36.6 Å². The Bertz CT molecular complexity index is 577. The van der Waals surface area contributed by atoms with Crippen molar-refractivity contribution in [2.24, 2.45) is 0 Å². The van der Waals surface area contributed by atoms with Crippen LogP contribution in [0, 0.1) is 0 Å². The van der Waals surface area contributed by atoms with Crippen molar-refractivity contribution in [2.45, 2.75) is 45.8 Å². The molecule has 0 saturated heterocycles. The minimum atomic E-state index is -0.553. The maximum Gasteiger partial charge on any atom is 0.328 e. The molecule has 0 rings (SSSR count). The van der Waals surface area contributed by atoms with Crippen molar-refractivity contribution in [2.75, 3.05) is 42.5 Å². The minimum Gasteiger partial charge on any atom is -0.520 e. The Balaban J connectivity index is -0.000000115. The topological polar surface area (TPSA) is 140 Å². The molecule has 0 aromatic heterocycles. The standard InChI is InChI=1S/C7H13NO3.2C6H10NO3.2Y/c1-5(7(10)11-4)8(3)6(2)9;2*1-5(6(9)10-3)7(2)4-8;;/h5H,1-4H3;2*5H,1-3H3;;/q;2*-1;;/t;2*5-;;/m.10../s1. The molecule has 0 aliphatic carbocycles. The molecule has 0 spiro atoms. The van der Waals surface area contributed by atoms with Gasteiger partial charge in [-0.1, -0.05) is 0 Å². The zero-order valence-corrected chi connectivity index (χ0v) is 26.6. The van der Waals surface area contributed by atoms with Crippen molar-refractivity contribution in [3.63, 3.8) is 0 Å². The summed E-state index contributed by atoms with van der Waals surface area (Å²) in [5, 5.41) is 0. The molecule has 3 amide bonds. The quantitative estimate of drug-likeness (QED) is 0.146. The molecule has 0 N–H and O–H groups in total. The van der Waals surface area contributed by atoms with E-state index in [1.165, 1.54) is 47.2 Å². The first-order valence-corrected chi connectivity index (χ1v) is 8.95. The molecule has 0 fully saturated rings. The number of amides is 3. The molecule has 12 nitrogen and oxygen atoms in total. The fraction of sp³-hybridized carbons (Fsp3) is 0.684. The number of likely N-dealkylation sites (N-methyl/N-ethyl adjacent to an activating group) is 3. The second-order valence-corrected chi connectivity index (χ2v) is 6.13. The third-order valence-corrected chi connectivity index (χ3v) is 4.15. The van der Waals surface area contributed by atoms with Gasteiger partial charge >= 0.3 is 17.9 Å². The fourth-order valence-electron chi connectivity index (χ4n) is 1.42. The summed E-state index contributed by atoms with van der Waals surface area (Å²) >= 11 is 0. The van der Waals surface area contributed by atoms with Crippen molar-refractivity contribution in [1.82, 2.24) is 14.7 Å². The zero-order chi connectivity index (χ0) is 25.3. The van der Waals surface area contributed by atoms with Gasteiger partial charge in [-0.3, -0.25) is 4.79 Å². The van der Waals surface area contributed by atoms with E-state index in [2.05, 4.69) is 14.2 Å². The van der Waals surface area contributed by atoms with Gasteiger partial charge in [0.15, 0.2) is 0 Å². The minimum absolute atomic E-state index is 0. The van der Waals surface area contributed by atoms with Crippen LogP contribution in [0.15, 0.2) is 0 Å². The summed E-state index contributed by atoms with van der Waals surface area (Å²) in [6.07, 6.45) is 3.12. The number of hydrogen-bond acceptors (Lipinski definition) is 9. The van der Waals surface area contributed by atoms with E-state index in [4.69, 9.17) is 0 Å². The summed E-state index contributed by atoms with van der Waals surface area (Å²) in [4.78, 5) is 66.4. The van der Waals surface area contributed by atoms with E-state index < -0.39 is 36.0 Å². The van der Waals surface area contributed by atoms with Crippen LogP contribution in [0.25, 0.3) is 0 Å². The monoisotopic (exact) mass is 625 g/mol. The first-order valence-electron chi connectivity index (χ1n) is 8.95. The Hall–Kier alpha value is -0.972. The third kappa shape index (κ3) is 19.1. The van der Waals surface area contributed by atoms with Crippen molar-refractivity contribution in [3.8, 4) is 0 Å². The van der Waals surface area contributed by atoms with E-state index in [0.29, 0.717) is 0 Å². The predicted octanol–water partition coefficient (Wildman–Crippen LogP) is -0.885. The summed E-state index contributed by atoms with van der Waals surface area (Å²) in [6.45, 7) is 6.15. The van der Waals surface area contributed by atoms with Gasteiger partial charge in [0.25, 0.3) is 0 Å². The molecule has 0 saturated carbocycles. The van der Waals surface area contributed by atoms with Crippen molar-refractivity contribution in [1.29, 1.82) is 0 Å². The predicted molar refractivity (Wildman–Crippen MR) is 110 cm³/mol. The van der Waals surface area contributed by atoms with Crippen molar-refractivity contribution in [3.05, 3.63) is 0 Å². The van der Waals surface area contributed by atoms with E-state index in [0.717, 1.165) is 9.80 Å². The number of nitrogens with zero attached hydrogens (tertiary/aromatic N) is 3. The van der Waals surface area contributed by atoms with Crippen LogP contribution in [0.3, 0.4) is 0 Å². The second kappa shape index (κ2) is 24.2. The normalized spacial score (nSPS) is 11.2. The van der Waals surface area contributed by atoms with Crippen molar-refractivity contribution < 1.29 is 108 Å². The second-order valence-electron chi connectivity index (χ2n) is 6.13. The summed E-state index contributed by atoms with van der Waals surface area (Å²) in [6, 6.07) is -1.61. The SMILES string of the molecule is COC(=O)C(C)N(C)C(C)=O.COC(=O)[C@@H](C)N(C)[C-]=O.COC(=O)[C@H](C)N(C)[C-]=O.[Y].[Y]. The molecular weight excluding hydrogens is 592 g/mol. The molecule has 14 heteroatoms. The van der Waals surface area contributed by atoms with E-state index in [9.17, 15) is 28.8 Å². The van der Waals surface area contributed by atoms with Gasteiger partial charge in [0.05, 0.1) is 33.4 Å². The van der Waals surface area contributed by atoms with Gasteiger partial charge in [0, 0.05) is 79.4 Å². The molecule has 33 heavy (non-hydrogen) atoms. The number of esters is 3. The fourth-order valence-corrected chi connectivity index (χ4v) is 1.42. The summed E-state index contributed by atoms with van der Waals surface area (Å²) in [5.41, 5.74) is 0. The number of hydrogen-bond donors (Lipinski definition) is 0. The molecule has 0 aromatic rings. The molecule has 1 unspecified atom stereocenters. The number of carbonyl (C=O) groups is 4. The van der Waals surface area contributed by atoms with Crippen LogP contribution >= 0.6 is 0 Å². The number of rotatable bonds is 8. The van der Waals surface area contributed by atoms with Crippen LogP contribution < -0.4 is 0 Å². The molecule has 0 heterocycles. The maximum atomic E-state index is 10.8. The van der Waals surface area contributed by atoms with Crippen LogP contribution in [-0.2, 0) is 108 Å². The Morgan fingerprint density at radius 2 is 0.879 bits per heavy atom. The van der Waals surface area contributed by atoms with Gasteiger partial charge in [0.1, 0.15) is 6.04 Å². The summed E-state index contributed by atoms with van der Waals surface area (Å²) in [7, 11) is 8.34. The zero-order valence-electron chi connectivity index (χ0n) is 20.9. The van der Waals surface area contributed by atoms with Gasteiger partial charge in [-0.05, 0) is 34.9 Å². The Morgan fingerprint density at radius 3 is 1.06 bits per heavy atom. The van der Waals surface area contributed by atoms with Gasteiger partial charge in [-0.15, -0.1) is 0 Å². The first-order chi connectivity index (χ1) is 14.3. The molecule has 0 aromatic carbocycles. The van der Waals surface area contributed by atoms with Crippen LogP contribution in [0.1, 0.15) is 27.7 Å². The Kier molecular flexibility index (Phi) is 30.9. The Morgan fingerprint density at radius 1 is 0.636 bits per heavy atom. The van der Waals surface area contributed by atoms with E-state index in [-0.39, 0.29) is 71.3 Å². The van der Waals surface area contributed by atoms with Gasteiger partial charge in [0.2, 0.25) is 5.91 Å². The van der Waals surface area contributed by atoms with Gasteiger partial charge in [-0.2, -0.15) is 12.8 Å². The smallest absolute Gasteiger partial charge is 0.328 e. The molecule has 2 radical (unpaired) electrons. The molecular formula is C19H33N3O9Y2-2. The van der Waals surface area contributed by atoms with E-state index in [1.807, 2.05) is 0 Å². The summed E-state index contributed by atoms with van der Waals surface area (Å²) in [5.74, 6) is -1.43. The van der Waals surface area contributed by atoms with Gasteiger partial charge < -0.3 is 38.5 Å². The average molecular weight is 625 g/mol. The first kappa shape index (κ1) is 42.2. The van der Waals surface area contributed by atoms with Crippen LogP contribution in [0.4, 0.5) is 0 Å². The molecule has 0 bridgehead atoms. The molecule has 0 aliphatic heterocycles. The Labute approximate surface area is 246 Å². The van der Waals surface area contributed by atoms with E-state index >= 15 is 0 Å². The largest absolute Gasteiger partial charge is 0.520 e. The number of methoxy groups -OCH3 is 3. The average Bonchev–Trinajstić information content (AvgIpc) is 2.79. The number of ether oxygens (including phenoxy) is 3. The number of carbonyl (C=O) groups excluding carboxylic acids is 6. The molecule has 186 valence electrons. The third-order valence-electron chi connectivity index (χ3n) is 4.15. The summed E-state index contributed by atoms with van der Waals surface area (Å²) < 4.78 is 13.2.